The van der Waals surface area contributed by atoms with Crippen LogP contribution in [0.2, 0.25) is 0 Å². The van der Waals surface area contributed by atoms with Crippen molar-refractivity contribution in [3.63, 3.8) is 0 Å². The van der Waals surface area contributed by atoms with Gasteiger partial charge in [0.15, 0.2) is 0 Å². The van der Waals surface area contributed by atoms with E-state index in [9.17, 15) is 13.2 Å². The van der Waals surface area contributed by atoms with Gasteiger partial charge in [-0.25, -0.2) is 18.1 Å². The van der Waals surface area contributed by atoms with Crippen molar-refractivity contribution in [2.45, 2.75) is 43.7 Å². The number of carboxylic acid groups (broad SMARTS) is 1. The molecule has 1 fully saturated rings. The maximum Gasteiger partial charge on any atom is 0.317 e. The zero-order valence-electron chi connectivity index (χ0n) is 14.1. The number of nitrogens with zero attached hydrogens (tertiary/aromatic N) is 2. The van der Waals surface area contributed by atoms with Crippen LogP contribution in [0.3, 0.4) is 0 Å². The fourth-order valence-electron chi connectivity index (χ4n) is 3.13. The number of rotatable bonds is 7. The van der Waals surface area contributed by atoms with Gasteiger partial charge in [-0.05, 0) is 44.5 Å². The van der Waals surface area contributed by atoms with E-state index in [1.54, 1.807) is 18.2 Å². The van der Waals surface area contributed by atoms with E-state index < -0.39 is 16.0 Å². The zero-order chi connectivity index (χ0) is 18.2. The van der Waals surface area contributed by atoms with E-state index in [4.69, 9.17) is 5.11 Å². The Kier molecular flexibility index (Phi) is 5.10. The number of sulfonamides is 1. The second-order valence-corrected chi connectivity index (χ2v) is 9.21. The van der Waals surface area contributed by atoms with Crippen molar-refractivity contribution in [2.24, 2.45) is 0 Å². The SMILES string of the molecule is CCN(CC(=O)O)C1CC(NS(=O)(=O)c2ccc3nc(C)sc3c2)C1. The molecule has 3 rings (SSSR count). The summed E-state index contributed by atoms with van der Waals surface area (Å²) in [6, 6.07) is 4.91. The van der Waals surface area contributed by atoms with Crippen LogP contribution in [0.5, 0.6) is 0 Å². The maximum absolute atomic E-state index is 12.6. The Balaban J connectivity index is 1.65. The highest BCUT2D eigenvalue weighted by molar-refractivity contribution is 7.89. The first kappa shape index (κ1) is 18.2. The summed E-state index contributed by atoms with van der Waals surface area (Å²) in [6.45, 7) is 4.43. The lowest BCUT2D eigenvalue weighted by atomic mass is 9.86. The van der Waals surface area contributed by atoms with Crippen molar-refractivity contribution in [2.75, 3.05) is 13.1 Å². The van der Waals surface area contributed by atoms with Gasteiger partial charge in [0.2, 0.25) is 10.0 Å². The first-order valence-corrected chi connectivity index (χ1v) is 10.4. The minimum Gasteiger partial charge on any atom is -0.480 e. The Labute approximate surface area is 150 Å². The third kappa shape index (κ3) is 4.00. The number of thiazole rings is 1. The zero-order valence-corrected chi connectivity index (χ0v) is 15.7. The molecule has 0 bridgehead atoms. The summed E-state index contributed by atoms with van der Waals surface area (Å²) in [5, 5.41) is 9.82. The lowest BCUT2D eigenvalue weighted by Crippen LogP contribution is -2.54. The number of hydrogen-bond donors (Lipinski definition) is 2. The van der Waals surface area contributed by atoms with E-state index in [-0.39, 0.29) is 23.5 Å². The molecular formula is C16H21N3O4S2. The Bertz CT molecular complexity index is 888. The van der Waals surface area contributed by atoms with Gasteiger partial charge in [-0.3, -0.25) is 9.69 Å². The molecular weight excluding hydrogens is 362 g/mol. The average molecular weight is 383 g/mol. The van der Waals surface area contributed by atoms with Gasteiger partial charge in [0.05, 0.1) is 26.7 Å². The predicted octanol–water partition coefficient (Wildman–Crippen LogP) is 1.82. The quantitative estimate of drug-likeness (QED) is 0.757. The molecule has 0 radical (unpaired) electrons. The largest absolute Gasteiger partial charge is 0.480 e. The first-order valence-electron chi connectivity index (χ1n) is 8.14. The van der Waals surface area contributed by atoms with Crippen molar-refractivity contribution in [1.82, 2.24) is 14.6 Å². The van der Waals surface area contributed by atoms with Crippen molar-refractivity contribution in [3.05, 3.63) is 23.2 Å². The average Bonchev–Trinajstić information content (AvgIpc) is 2.87. The van der Waals surface area contributed by atoms with Gasteiger partial charge in [0, 0.05) is 12.1 Å². The minimum atomic E-state index is -3.59. The van der Waals surface area contributed by atoms with E-state index in [2.05, 4.69) is 9.71 Å². The second-order valence-electron chi connectivity index (χ2n) is 6.26. The van der Waals surface area contributed by atoms with Gasteiger partial charge in [-0.15, -0.1) is 11.3 Å². The van der Waals surface area contributed by atoms with Gasteiger partial charge < -0.3 is 5.11 Å². The van der Waals surface area contributed by atoms with Crippen LogP contribution in [0.25, 0.3) is 10.2 Å². The molecule has 0 atom stereocenters. The summed E-state index contributed by atoms with van der Waals surface area (Å²) in [5.74, 6) is -0.862. The standard InChI is InChI=1S/C16H21N3O4S2/c1-3-19(9-16(20)21)12-6-11(7-12)18-25(22,23)13-4-5-14-15(8-13)24-10(2)17-14/h4-5,8,11-12,18H,3,6-7,9H2,1-2H3,(H,20,21). The van der Waals surface area contributed by atoms with Crippen molar-refractivity contribution in [3.8, 4) is 0 Å². The molecule has 0 saturated heterocycles. The fraction of sp³-hybridized carbons (Fsp3) is 0.500. The molecule has 0 spiro atoms. The van der Waals surface area contributed by atoms with Gasteiger partial charge in [-0.2, -0.15) is 0 Å². The Morgan fingerprint density at radius 2 is 2.16 bits per heavy atom. The number of carboxylic acids is 1. The third-order valence-electron chi connectivity index (χ3n) is 4.47. The number of hydrogen-bond acceptors (Lipinski definition) is 6. The van der Waals surface area contributed by atoms with Crippen molar-refractivity contribution in [1.29, 1.82) is 0 Å². The molecule has 2 N–H and O–H groups in total. The van der Waals surface area contributed by atoms with Gasteiger partial charge >= 0.3 is 5.97 Å². The normalized spacial score (nSPS) is 20.8. The highest BCUT2D eigenvalue weighted by atomic mass is 32.2. The molecule has 0 aliphatic heterocycles. The Morgan fingerprint density at radius 1 is 1.44 bits per heavy atom. The molecule has 0 amide bonds. The predicted molar refractivity (Wildman–Crippen MR) is 96.4 cm³/mol. The van der Waals surface area contributed by atoms with Crippen LogP contribution < -0.4 is 4.72 Å². The molecule has 2 aromatic rings. The number of fused-ring (bicyclic) bond motifs is 1. The lowest BCUT2D eigenvalue weighted by molar-refractivity contribution is -0.139. The van der Waals surface area contributed by atoms with Crippen LogP contribution in [0, 0.1) is 6.92 Å². The molecule has 7 nitrogen and oxygen atoms in total. The van der Waals surface area contributed by atoms with E-state index in [0.717, 1.165) is 15.2 Å². The molecule has 1 aliphatic rings. The summed E-state index contributed by atoms with van der Waals surface area (Å²) in [7, 11) is -3.59. The highest BCUT2D eigenvalue weighted by Crippen LogP contribution is 2.28. The summed E-state index contributed by atoms with van der Waals surface area (Å²) >= 11 is 1.47. The van der Waals surface area contributed by atoms with Crippen LogP contribution in [0.4, 0.5) is 0 Å². The van der Waals surface area contributed by atoms with Gasteiger partial charge in [0.25, 0.3) is 0 Å². The third-order valence-corrected chi connectivity index (χ3v) is 6.92. The number of aromatic nitrogens is 1. The molecule has 1 aromatic heterocycles. The van der Waals surface area contributed by atoms with Crippen LogP contribution >= 0.6 is 11.3 Å². The number of benzene rings is 1. The summed E-state index contributed by atoms with van der Waals surface area (Å²) in [6.07, 6.45) is 1.25. The number of likely N-dealkylation sites (N-methyl/N-ethyl adjacent to an activating group) is 1. The molecule has 136 valence electrons. The Hall–Kier alpha value is -1.55. The summed E-state index contributed by atoms with van der Waals surface area (Å²) in [4.78, 5) is 17.3. The van der Waals surface area contributed by atoms with Crippen LogP contribution in [-0.4, -0.2) is 54.6 Å². The van der Waals surface area contributed by atoms with Crippen LogP contribution in [0.1, 0.15) is 24.8 Å². The smallest absolute Gasteiger partial charge is 0.317 e. The van der Waals surface area contributed by atoms with Crippen molar-refractivity contribution >= 4 is 37.5 Å². The number of aliphatic carboxylic acids is 1. The van der Waals surface area contributed by atoms with E-state index >= 15 is 0 Å². The highest BCUT2D eigenvalue weighted by Gasteiger charge is 2.36. The van der Waals surface area contributed by atoms with Gasteiger partial charge in [-0.1, -0.05) is 6.92 Å². The van der Waals surface area contributed by atoms with E-state index in [0.29, 0.717) is 19.4 Å². The lowest BCUT2D eigenvalue weighted by Gasteiger charge is -2.42. The topological polar surface area (TPSA) is 99.6 Å². The number of aryl methyl sites for hydroxylation is 1. The molecule has 1 saturated carbocycles. The second kappa shape index (κ2) is 6.99. The van der Waals surface area contributed by atoms with Crippen LogP contribution in [-0.2, 0) is 14.8 Å². The monoisotopic (exact) mass is 383 g/mol. The molecule has 1 heterocycles. The molecule has 1 aromatic carbocycles. The van der Waals surface area contributed by atoms with Gasteiger partial charge in [0.1, 0.15) is 0 Å². The molecule has 25 heavy (non-hydrogen) atoms. The Morgan fingerprint density at radius 3 is 2.80 bits per heavy atom. The number of nitrogens with one attached hydrogen (secondary N) is 1. The molecule has 0 unspecified atom stereocenters. The van der Waals surface area contributed by atoms with Crippen molar-refractivity contribution < 1.29 is 18.3 Å². The summed E-state index contributed by atoms with van der Waals surface area (Å²) < 4.78 is 28.7. The minimum absolute atomic E-state index is 0.0119. The van der Waals surface area contributed by atoms with E-state index in [1.165, 1.54) is 11.3 Å². The first-order chi connectivity index (χ1) is 11.8. The molecule has 9 heteroatoms. The van der Waals surface area contributed by atoms with E-state index in [1.807, 2.05) is 18.7 Å². The maximum atomic E-state index is 12.6. The number of carbonyl (C=O) groups is 1. The fourth-order valence-corrected chi connectivity index (χ4v) is 5.36. The summed E-state index contributed by atoms with van der Waals surface area (Å²) in [5.41, 5.74) is 0.803. The molecule has 1 aliphatic carbocycles. The van der Waals surface area contributed by atoms with Crippen LogP contribution in [0.15, 0.2) is 23.1 Å².